The van der Waals surface area contributed by atoms with Gasteiger partial charge in [0.05, 0.1) is 23.7 Å². The SMILES string of the molecule is C[C@@H](c1ccccn1)N(C)Cc1nc2cccc(N3CCN(C)CC3)n2c1CO. The van der Waals surface area contributed by atoms with Gasteiger partial charge in [-0.25, -0.2) is 4.98 Å². The highest BCUT2D eigenvalue weighted by molar-refractivity contribution is 5.55. The van der Waals surface area contributed by atoms with Crippen LogP contribution in [0, 0.1) is 0 Å². The Morgan fingerprint density at radius 2 is 1.90 bits per heavy atom. The maximum absolute atomic E-state index is 10.2. The molecule has 1 N–H and O–H groups in total. The number of likely N-dealkylation sites (N-methyl/N-ethyl adjacent to an activating group) is 1. The molecule has 7 heteroatoms. The normalized spacial score (nSPS) is 16.7. The topological polar surface area (TPSA) is 60.1 Å². The number of aromatic nitrogens is 3. The molecule has 0 aliphatic carbocycles. The second kappa shape index (κ2) is 8.49. The molecular weight excluding hydrogens is 364 g/mol. The van der Waals surface area contributed by atoms with Gasteiger partial charge in [0, 0.05) is 45.0 Å². The van der Waals surface area contributed by atoms with Gasteiger partial charge in [-0.3, -0.25) is 14.3 Å². The van der Waals surface area contributed by atoms with Gasteiger partial charge in [0.25, 0.3) is 0 Å². The first-order chi connectivity index (χ1) is 14.1. The fourth-order valence-corrected chi connectivity index (χ4v) is 3.98. The summed E-state index contributed by atoms with van der Waals surface area (Å²) in [6, 6.07) is 12.4. The van der Waals surface area contributed by atoms with Gasteiger partial charge < -0.3 is 14.9 Å². The van der Waals surface area contributed by atoms with Crippen LogP contribution in [0.1, 0.15) is 30.0 Å². The second-order valence-corrected chi connectivity index (χ2v) is 7.88. The van der Waals surface area contributed by atoms with E-state index in [-0.39, 0.29) is 12.6 Å². The van der Waals surface area contributed by atoms with Crippen molar-refractivity contribution in [1.82, 2.24) is 24.2 Å². The van der Waals surface area contributed by atoms with E-state index in [0.29, 0.717) is 6.54 Å². The van der Waals surface area contributed by atoms with Gasteiger partial charge >= 0.3 is 0 Å². The molecule has 0 amide bonds. The van der Waals surface area contributed by atoms with Crippen LogP contribution in [-0.2, 0) is 13.2 Å². The molecule has 1 atom stereocenters. The lowest BCUT2D eigenvalue weighted by Gasteiger charge is -2.34. The molecule has 1 aliphatic rings. The molecular formula is C22H30N6O. The van der Waals surface area contributed by atoms with E-state index in [0.717, 1.165) is 54.7 Å². The third-order valence-electron chi connectivity index (χ3n) is 5.95. The van der Waals surface area contributed by atoms with Gasteiger partial charge in [-0.1, -0.05) is 12.1 Å². The van der Waals surface area contributed by atoms with Crippen LogP contribution in [0.15, 0.2) is 42.6 Å². The van der Waals surface area contributed by atoms with Crippen LogP contribution in [0.3, 0.4) is 0 Å². The molecule has 1 saturated heterocycles. The van der Waals surface area contributed by atoms with Crippen LogP contribution < -0.4 is 4.90 Å². The number of aliphatic hydroxyl groups excluding tert-OH is 1. The van der Waals surface area contributed by atoms with Crippen LogP contribution in [0.25, 0.3) is 5.65 Å². The molecule has 0 bridgehead atoms. The van der Waals surface area contributed by atoms with Crippen molar-refractivity contribution in [3.05, 3.63) is 59.7 Å². The number of aliphatic hydroxyl groups is 1. The van der Waals surface area contributed by atoms with Crippen LogP contribution in [0.5, 0.6) is 0 Å². The van der Waals surface area contributed by atoms with Gasteiger partial charge in [-0.2, -0.15) is 0 Å². The number of rotatable bonds is 6. The highest BCUT2D eigenvalue weighted by atomic mass is 16.3. The smallest absolute Gasteiger partial charge is 0.138 e. The molecule has 3 aromatic rings. The van der Waals surface area contributed by atoms with Gasteiger partial charge in [0.2, 0.25) is 0 Å². The Bertz CT molecular complexity index is 949. The first-order valence-electron chi connectivity index (χ1n) is 10.2. The maximum Gasteiger partial charge on any atom is 0.138 e. The maximum atomic E-state index is 10.2. The number of fused-ring (bicyclic) bond motifs is 1. The van der Waals surface area contributed by atoms with Crippen molar-refractivity contribution < 1.29 is 5.11 Å². The van der Waals surface area contributed by atoms with Crippen molar-refractivity contribution in [2.24, 2.45) is 0 Å². The van der Waals surface area contributed by atoms with E-state index >= 15 is 0 Å². The van der Waals surface area contributed by atoms with Crippen LogP contribution >= 0.6 is 0 Å². The third kappa shape index (κ3) is 3.99. The van der Waals surface area contributed by atoms with E-state index in [4.69, 9.17) is 4.98 Å². The predicted octanol–water partition coefficient (Wildman–Crippen LogP) is 2.17. The molecule has 29 heavy (non-hydrogen) atoms. The summed E-state index contributed by atoms with van der Waals surface area (Å²) < 4.78 is 2.12. The lowest BCUT2D eigenvalue weighted by Crippen LogP contribution is -2.45. The summed E-state index contributed by atoms with van der Waals surface area (Å²) in [4.78, 5) is 16.3. The monoisotopic (exact) mass is 394 g/mol. The number of anilines is 1. The number of pyridine rings is 2. The van der Waals surface area contributed by atoms with Gasteiger partial charge in [-0.15, -0.1) is 0 Å². The van der Waals surface area contributed by atoms with Gasteiger partial charge in [0.15, 0.2) is 0 Å². The molecule has 0 spiro atoms. The number of imidazole rings is 1. The van der Waals surface area contributed by atoms with Crippen molar-refractivity contribution >= 4 is 11.5 Å². The molecule has 3 aromatic heterocycles. The molecule has 7 nitrogen and oxygen atoms in total. The van der Waals surface area contributed by atoms with Crippen molar-refractivity contribution in [2.75, 3.05) is 45.2 Å². The Labute approximate surface area is 172 Å². The molecule has 154 valence electrons. The van der Waals surface area contributed by atoms with Crippen LogP contribution in [0.2, 0.25) is 0 Å². The minimum Gasteiger partial charge on any atom is -0.390 e. The van der Waals surface area contributed by atoms with E-state index < -0.39 is 0 Å². The lowest BCUT2D eigenvalue weighted by molar-refractivity contribution is 0.238. The minimum absolute atomic E-state index is 0.0347. The summed E-state index contributed by atoms with van der Waals surface area (Å²) in [5.74, 6) is 1.11. The molecule has 4 heterocycles. The van der Waals surface area contributed by atoms with Crippen molar-refractivity contribution in [3.8, 4) is 0 Å². The summed E-state index contributed by atoms with van der Waals surface area (Å²) in [7, 11) is 4.23. The Morgan fingerprint density at radius 3 is 2.59 bits per heavy atom. The average Bonchev–Trinajstić information content (AvgIpc) is 3.11. The average molecular weight is 395 g/mol. The van der Waals surface area contributed by atoms with E-state index in [1.165, 1.54) is 0 Å². The number of hydrogen-bond donors (Lipinski definition) is 1. The molecule has 4 rings (SSSR count). The van der Waals surface area contributed by atoms with Crippen molar-refractivity contribution in [1.29, 1.82) is 0 Å². The molecule has 0 aromatic carbocycles. The summed E-state index contributed by atoms with van der Waals surface area (Å²) >= 11 is 0. The summed E-state index contributed by atoms with van der Waals surface area (Å²) in [5, 5.41) is 10.2. The summed E-state index contributed by atoms with van der Waals surface area (Å²) in [6.45, 7) is 6.79. The molecule has 0 unspecified atom stereocenters. The fraction of sp³-hybridized carbons (Fsp3) is 0.455. The Morgan fingerprint density at radius 1 is 1.10 bits per heavy atom. The third-order valence-corrected chi connectivity index (χ3v) is 5.95. The number of hydrogen-bond acceptors (Lipinski definition) is 6. The zero-order valence-corrected chi connectivity index (χ0v) is 17.5. The number of nitrogens with zero attached hydrogens (tertiary/aromatic N) is 6. The van der Waals surface area contributed by atoms with Crippen molar-refractivity contribution in [3.63, 3.8) is 0 Å². The van der Waals surface area contributed by atoms with E-state index in [9.17, 15) is 5.11 Å². The largest absolute Gasteiger partial charge is 0.390 e. The van der Waals surface area contributed by atoms with E-state index in [2.05, 4.69) is 57.2 Å². The molecule has 1 fully saturated rings. The zero-order valence-electron chi connectivity index (χ0n) is 17.5. The highest BCUT2D eigenvalue weighted by Crippen LogP contribution is 2.25. The standard InChI is InChI=1S/C22H30N6O/c1-17(18-7-4-5-10-23-18)26(3)15-19-20(16-29)28-21(24-19)8-6-9-22(28)27-13-11-25(2)12-14-27/h4-10,17,29H,11-16H2,1-3H3/t17-/m0/s1. The summed E-state index contributed by atoms with van der Waals surface area (Å²) in [6.07, 6.45) is 1.83. The molecule has 0 saturated carbocycles. The first-order valence-corrected chi connectivity index (χ1v) is 10.2. The molecule has 1 aliphatic heterocycles. The Balaban J connectivity index is 1.64. The Hall–Kier alpha value is -2.48. The predicted molar refractivity (Wildman–Crippen MR) is 115 cm³/mol. The second-order valence-electron chi connectivity index (χ2n) is 7.88. The van der Waals surface area contributed by atoms with Crippen LogP contribution in [0.4, 0.5) is 5.82 Å². The highest BCUT2D eigenvalue weighted by Gasteiger charge is 2.22. The number of piperazine rings is 1. The van der Waals surface area contributed by atoms with E-state index in [1.807, 2.05) is 30.5 Å². The quantitative estimate of drug-likeness (QED) is 0.691. The first kappa shape index (κ1) is 19.8. The van der Waals surface area contributed by atoms with Gasteiger partial charge in [0.1, 0.15) is 11.5 Å². The van der Waals surface area contributed by atoms with E-state index in [1.54, 1.807) is 0 Å². The van der Waals surface area contributed by atoms with Crippen LogP contribution in [-0.4, -0.2) is 69.5 Å². The zero-order chi connectivity index (χ0) is 20.4. The fourth-order valence-electron chi connectivity index (χ4n) is 3.98. The molecule has 0 radical (unpaired) electrons. The summed E-state index contributed by atoms with van der Waals surface area (Å²) in [5.41, 5.74) is 3.70. The van der Waals surface area contributed by atoms with Crippen molar-refractivity contribution in [2.45, 2.75) is 26.1 Å². The lowest BCUT2D eigenvalue weighted by atomic mass is 10.2. The van der Waals surface area contributed by atoms with Gasteiger partial charge in [-0.05, 0) is 45.3 Å². The Kier molecular flexibility index (Phi) is 5.80. The minimum atomic E-state index is -0.0347.